The predicted octanol–water partition coefficient (Wildman–Crippen LogP) is 1.77. The zero-order chi connectivity index (χ0) is 14.8. The van der Waals surface area contributed by atoms with Gasteiger partial charge in [-0.15, -0.1) is 0 Å². The minimum absolute atomic E-state index is 0.0965. The average molecular weight is 278 g/mol. The van der Waals surface area contributed by atoms with Crippen LogP contribution in [0, 0.1) is 0 Å². The number of nitrogens with zero attached hydrogens (tertiary/aromatic N) is 2. The van der Waals surface area contributed by atoms with Gasteiger partial charge in [-0.3, -0.25) is 0 Å². The van der Waals surface area contributed by atoms with Crippen LogP contribution in [0.1, 0.15) is 27.2 Å². The number of aromatic nitrogens is 1. The molecule has 1 amide bonds. The third-order valence-electron chi connectivity index (χ3n) is 3.04. The summed E-state index contributed by atoms with van der Waals surface area (Å²) >= 11 is 0. The Morgan fingerprint density at radius 2 is 2.30 bits per heavy atom. The molecule has 6 heteroatoms. The molecule has 0 spiro atoms. The maximum Gasteiger partial charge on any atom is 0.407 e. The second kappa shape index (κ2) is 5.56. The van der Waals surface area contributed by atoms with Gasteiger partial charge in [0, 0.05) is 31.0 Å². The largest absolute Gasteiger partial charge is 0.444 e. The molecule has 1 aliphatic heterocycles. The van der Waals surface area contributed by atoms with Crippen LogP contribution in [0.2, 0.25) is 0 Å². The van der Waals surface area contributed by atoms with E-state index in [0.29, 0.717) is 5.82 Å². The number of pyridine rings is 1. The molecule has 1 aliphatic rings. The van der Waals surface area contributed by atoms with Crippen molar-refractivity contribution in [1.29, 1.82) is 0 Å². The number of carbonyl (C=O) groups is 1. The van der Waals surface area contributed by atoms with Crippen LogP contribution in [0.5, 0.6) is 0 Å². The first-order valence-electron chi connectivity index (χ1n) is 6.79. The predicted molar refractivity (Wildman–Crippen MR) is 78.6 cm³/mol. The standard InChI is InChI=1S/C14H22N4O2/c1-14(2,3)20-13(19)17-10-5-7-18(9-10)11-4-6-16-12(15)8-11/h4,6,8,10H,5,7,9H2,1-3H3,(H2,15,16)(H,17,19). The summed E-state index contributed by atoms with van der Waals surface area (Å²) in [5, 5.41) is 2.90. The number of nitrogens with one attached hydrogen (secondary N) is 1. The summed E-state index contributed by atoms with van der Waals surface area (Å²) < 4.78 is 5.26. The van der Waals surface area contributed by atoms with Crippen LogP contribution in [-0.4, -0.2) is 35.8 Å². The molecule has 1 fully saturated rings. The van der Waals surface area contributed by atoms with Crippen molar-refractivity contribution in [2.75, 3.05) is 23.7 Å². The van der Waals surface area contributed by atoms with E-state index in [1.165, 1.54) is 0 Å². The van der Waals surface area contributed by atoms with E-state index in [1.54, 1.807) is 6.20 Å². The van der Waals surface area contributed by atoms with Crippen molar-refractivity contribution >= 4 is 17.6 Å². The zero-order valence-electron chi connectivity index (χ0n) is 12.2. The maximum atomic E-state index is 11.7. The van der Waals surface area contributed by atoms with Crippen LogP contribution in [0.3, 0.4) is 0 Å². The Balaban J connectivity index is 1.88. The smallest absolute Gasteiger partial charge is 0.407 e. The Morgan fingerprint density at radius 1 is 1.55 bits per heavy atom. The van der Waals surface area contributed by atoms with Gasteiger partial charge in [0.15, 0.2) is 0 Å². The van der Waals surface area contributed by atoms with E-state index in [0.717, 1.165) is 25.2 Å². The normalized spacial score (nSPS) is 18.9. The van der Waals surface area contributed by atoms with Crippen molar-refractivity contribution < 1.29 is 9.53 Å². The van der Waals surface area contributed by atoms with Crippen LogP contribution >= 0.6 is 0 Å². The Morgan fingerprint density at radius 3 is 2.95 bits per heavy atom. The number of nitrogens with two attached hydrogens (primary N) is 1. The first-order valence-corrected chi connectivity index (χ1v) is 6.79. The molecule has 1 saturated heterocycles. The highest BCUT2D eigenvalue weighted by molar-refractivity contribution is 5.68. The minimum Gasteiger partial charge on any atom is -0.444 e. The first kappa shape index (κ1) is 14.4. The Kier molecular flexibility index (Phi) is 4.01. The molecule has 0 saturated carbocycles. The molecule has 1 unspecified atom stereocenters. The number of rotatable bonds is 2. The lowest BCUT2D eigenvalue weighted by Crippen LogP contribution is -2.40. The molecule has 2 rings (SSSR count). The van der Waals surface area contributed by atoms with Crippen molar-refractivity contribution in [3.63, 3.8) is 0 Å². The summed E-state index contributed by atoms with van der Waals surface area (Å²) in [5.41, 5.74) is 6.25. The fraction of sp³-hybridized carbons (Fsp3) is 0.571. The van der Waals surface area contributed by atoms with E-state index >= 15 is 0 Å². The molecule has 1 aromatic rings. The van der Waals surface area contributed by atoms with E-state index in [-0.39, 0.29) is 12.1 Å². The molecule has 1 atom stereocenters. The molecule has 1 aromatic heterocycles. The fourth-order valence-corrected chi connectivity index (χ4v) is 2.22. The highest BCUT2D eigenvalue weighted by Gasteiger charge is 2.26. The summed E-state index contributed by atoms with van der Waals surface area (Å²) in [7, 11) is 0. The van der Waals surface area contributed by atoms with Crippen LogP contribution in [0.15, 0.2) is 18.3 Å². The highest BCUT2D eigenvalue weighted by Crippen LogP contribution is 2.21. The minimum atomic E-state index is -0.470. The van der Waals surface area contributed by atoms with Crippen molar-refractivity contribution in [3.8, 4) is 0 Å². The second-order valence-electron chi connectivity index (χ2n) is 6.02. The Bertz CT molecular complexity index is 484. The summed E-state index contributed by atoms with van der Waals surface area (Å²) in [6, 6.07) is 3.86. The molecule has 110 valence electrons. The van der Waals surface area contributed by atoms with Gasteiger partial charge in [-0.2, -0.15) is 0 Å². The summed E-state index contributed by atoms with van der Waals surface area (Å²) in [6.45, 7) is 7.19. The van der Waals surface area contributed by atoms with E-state index in [4.69, 9.17) is 10.5 Å². The van der Waals surface area contributed by atoms with Gasteiger partial charge < -0.3 is 20.7 Å². The molecule has 6 nitrogen and oxygen atoms in total. The van der Waals surface area contributed by atoms with Crippen molar-refractivity contribution in [3.05, 3.63) is 18.3 Å². The number of carbonyl (C=O) groups excluding carboxylic acids is 1. The monoisotopic (exact) mass is 278 g/mol. The Labute approximate surface area is 119 Å². The number of anilines is 2. The number of ether oxygens (including phenoxy) is 1. The van der Waals surface area contributed by atoms with Gasteiger partial charge in [-0.05, 0) is 33.3 Å². The highest BCUT2D eigenvalue weighted by atomic mass is 16.6. The summed E-state index contributed by atoms with van der Waals surface area (Å²) in [4.78, 5) is 17.9. The topological polar surface area (TPSA) is 80.5 Å². The molecule has 3 N–H and O–H groups in total. The van der Waals surface area contributed by atoms with Crippen LogP contribution in [0.25, 0.3) is 0 Å². The zero-order valence-corrected chi connectivity index (χ0v) is 12.2. The van der Waals surface area contributed by atoms with Crippen LogP contribution < -0.4 is 16.0 Å². The van der Waals surface area contributed by atoms with E-state index in [2.05, 4.69) is 15.2 Å². The quantitative estimate of drug-likeness (QED) is 0.861. The number of nitrogen functional groups attached to an aromatic ring is 1. The summed E-state index contributed by atoms with van der Waals surface area (Å²) in [5.74, 6) is 0.506. The molecule has 20 heavy (non-hydrogen) atoms. The summed E-state index contributed by atoms with van der Waals surface area (Å²) in [6.07, 6.45) is 2.22. The number of hydrogen-bond donors (Lipinski definition) is 2. The van der Waals surface area contributed by atoms with E-state index in [9.17, 15) is 4.79 Å². The van der Waals surface area contributed by atoms with E-state index in [1.807, 2.05) is 32.9 Å². The van der Waals surface area contributed by atoms with Crippen LogP contribution in [-0.2, 0) is 4.74 Å². The van der Waals surface area contributed by atoms with Gasteiger partial charge in [-0.1, -0.05) is 0 Å². The molecule has 0 aliphatic carbocycles. The molecule has 0 radical (unpaired) electrons. The van der Waals surface area contributed by atoms with Crippen molar-refractivity contribution in [2.24, 2.45) is 0 Å². The SMILES string of the molecule is CC(C)(C)OC(=O)NC1CCN(c2ccnc(N)c2)C1. The van der Waals surface area contributed by atoms with Gasteiger partial charge in [0.25, 0.3) is 0 Å². The van der Waals surface area contributed by atoms with Gasteiger partial charge in [0.2, 0.25) is 0 Å². The number of alkyl carbamates (subject to hydrolysis) is 1. The maximum absolute atomic E-state index is 11.7. The van der Waals surface area contributed by atoms with Crippen molar-refractivity contribution in [2.45, 2.75) is 38.8 Å². The van der Waals surface area contributed by atoms with Gasteiger partial charge in [-0.25, -0.2) is 9.78 Å². The number of amides is 1. The lowest BCUT2D eigenvalue weighted by Gasteiger charge is -2.22. The van der Waals surface area contributed by atoms with Crippen molar-refractivity contribution in [1.82, 2.24) is 10.3 Å². The third-order valence-corrected chi connectivity index (χ3v) is 3.04. The molecule has 0 aromatic carbocycles. The fourth-order valence-electron chi connectivity index (χ4n) is 2.22. The molecule has 2 heterocycles. The average Bonchev–Trinajstić information content (AvgIpc) is 2.74. The van der Waals surface area contributed by atoms with Gasteiger partial charge in [0.1, 0.15) is 11.4 Å². The first-order chi connectivity index (χ1) is 9.33. The van der Waals surface area contributed by atoms with Gasteiger partial charge >= 0.3 is 6.09 Å². The Hall–Kier alpha value is -1.98. The van der Waals surface area contributed by atoms with Crippen LogP contribution in [0.4, 0.5) is 16.3 Å². The van der Waals surface area contributed by atoms with E-state index < -0.39 is 5.60 Å². The molecular formula is C14H22N4O2. The van der Waals surface area contributed by atoms with Gasteiger partial charge in [0.05, 0.1) is 6.04 Å². The lowest BCUT2D eigenvalue weighted by molar-refractivity contribution is 0.0509. The molecule has 0 bridgehead atoms. The third kappa shape index (κ3) is 4.01. The lowest BCUT2D eigenvalue weighted by atomic mass is 10.2. The number of hydrogen-bond acceptors (Lipinski definition) is 5. The second-order valence-corrected chi connectivity index (χ2v) is 6.02. The molecular weight excluding hydrogens is 256 g/mol.